The van der Waals surface area contributed by atoms with Gasteiger partial charge in [0, 0.05) is 66.8 Å². The Hall–Kier alpha value is -16.4. The lowest BCUT2D eigenvalue weighted by Crippen LogP contribution is -2.11. The molecule has 22 rings (SSSR count). The number of fused-ring (bicyclic) bond motifs is 6. The maximum absolute atomic E-state index is 10.0. The zero-order valence-corrected chi connectivity index (χ0v) is 63.0. The third kappa shape index (κ3) is 15.0. The van der Waals surface area contributed by atoms with Crippen molar-refractivity contribution in [3.63, 3.8) is 0 Å². The molecule has 0 aliphatic carbocycles. The van der Waals surface area contributed by atoms with Crippen molar-refractivity contribution in [1.82, 2.24) is 9.13 Å². The molecule has 0 bridgehead atoms. The van der Waals surface area contributed by atoms with E-state index >= 15 is 0 Å². The van der Waals surface area contributed by atoms with Crippen molar-refractivity contribution in [2.45, 2.75) is 0 Å². The Morgan fingerprint density at radius 1 is 0.169 bits per heavy atom. The highest BCUT2D eigenvalue weighted by molar-refractivity contribution is 6.12. The van der Waals surface area contributed by atoms with E-state index in [0.29, 0.717) is 20.4 Å². The second kappa shape index (κ2) is 33.8. The lowest BCUT2D eigenvalue weighted by Gasteiger charge is -2.29. The van der Waals surface area contributed by atoms with Gasteiger partial charge in [-0.15, -0.1) is 0 Å². The summed E-state index contributed by atoms with van der Waals surface area (Å²) in [5.74, 6) is 0. The van der Waals surface area contributed by atoms with Crippen molar-refractivity contribution in [1.29, 1.82) is 0 Å². The van der Waals surface area contributed by atoms with Crippen LogP contribution in [-0.2, 0) is 0 Å². The summed E-state index contributed by atoms with van der Waals surface area (Å²) in [7, 11) is 0. The lowest BCUT2D eigenvalue weighted by atomic mass is 9.96. The molecular weight excluding hydrogens is 1500 g/mol. The second-order valence-corrected chi connectivity index (χ2v) is 26.3. The highest BCUT2D eigenvalue weighted by Gasteiger charge is 2.24. The Morgan fingerprint density at radius 3 is 1.02 bits per heavy atom. The molecule has 0 aliphatic heterocycles. The van der Waals surface area contributed by atoms with E-state index in [1.807, 2.05) is 83.4 Å². The van der Waals surface area contributed by atoms with Crippen LogP contribution in [0.3, 0.4) is 0 Å². The summed E-state index contributed by atoms with van der Waals surface area (Å²) in [4.78, 5) is 0.569. The molecule has 124 heavy (non-hydrogen) atoms. The quantitative estimate of drug-likeness (QED) is 0.0851. The molecule has 584 valence electrons. The van der Waals surface area contributed by atoms with Crippen LogP contribution < -0.4 is 9.80 Å². The number of anilines is 6. The first-order valence-electron chi connectivity index (χ1n) is 71.0. The van der Waals surface area contributed by atoms with Crippen molar-refractivity contribution in [3.05, 3.63) is 508 Å². The average Bonchev–Trinajstić information content (AvgIpc) is 1.51. The monoisotopic (exact) mass is 1650 g/mol. The molecule has 0 atom stereocenters. The van der Waals surface area contributed by atoms with Crippen molar-refractivity contribution < 1.29 is 93.2 Å². The molecule has 0 spiro atoms. The first-order valence-corrected chi connectivity index (χ1v) is 37.0. The number of nitrogens with zero attached hydrogens (tertiary/aromatic N) is 4. The van der Waals surface area contributed by atoms with Crippen molar-refractivity contribution >= 4 is 77.7 Å². The summed E-state index contributed by atoms with van der Waals surface area (Å²) in [6.07, 6.45) is 0. The van der Waals surface area contributed by atoms with Crippen LogP contribution in [0.1, 0.15) is 93.2 Å². The summed E-state index contributed by atoms with van der Waals surface area (Å²) in [5, 5.41) is -0.316. The van der Waals surface area contributed by atoms with Crippen molar-refractivity contribution in [3.8, 4) is 123 Å². The van der Waals surface area contributed by atoms with Crippen LogP contribution in [-0.4, -0.2) is 9.13 Å². The fraction of sp³-hybridized carbons (Fsp3) is 0. The van der Waals surface area contributed by atoms with Gasteiger partial charge in [0.2, 0.25) is 0 Å². The first-order chi connectivity index (χ1) is 89.8. The molecule has 0 N–H and O–H groups in total. The zero-order chi connectivity index (χ0) is 142. The van der Waals surface area contributed by atoms with Gasteiger partial charge in [0.05, 0.1) is 127 Å². The summed E-state index contributed by atoms with van der Waals surface area (Å²) < 4.78 is 623. The van der Waals surface area contributed by atoms with Crippen molar-refractivity contribution in [2.75, 3.05) is 9.80 Å². The summed E-state index contributed by atoms with van der Waals surface area (Å²) in [6.45, 7) is 0. The van der Waals surface area contributed by atoms with Crippen LogP contribution in [0.4, 0.5) is 34.1 Å². The van der Waals surface area contributed by atoms with Gasteiger partial charge in [-0.2, -0.15) is 0 Å². The van der Waals surface area contributed by atoms with Gasteiger partial charge in [-0.25, -0.2) is 0 Å². The predicted octanol–water partition coefficient (Wildman–Crippen LogP) is 33.2. The average molecular weight is 1650 g/mol. The van der Waals surface area contributed by atoms with E-state index in [0.717, 1.165) is 27.7 Å². The van der Waals surface area contributed by atoms with Gasteiger partial charge in [-0.3, -0.25) is 0 Å². The number of hydrogen-bond acceptors (Lipinski definition) is 2. The van der Waals surface area contributed by atoms with E-state index in [1.165, 1.54) is 0 Å². The van der Waals surface area contributed by atoms with Gasteiger partial charge in [-0.05, 0) is 233 Å². The Balaban J connectivity index is 0.000000216. The number of rotatable bonds is 18. The van der Waals surface area contributed by atoms with E-state index in [-0.39, 0.29) is 16.0 Å². The number of benzene rings is 20. The zero-order valence-electron chi connectivity index (χ0n) is 131. The van der Waals surface area contributed by atoms with Gasteiger partial charge in [0.25, 0.3) is 0 Å². The number of hydrogen-bond donors (Lipinski definition) is 0. The molecule has 0 aliphatic rings. The van der Waals surface area contributed by atoms with Crippen LogP contribution in [0.5, 0.6) is 0 Å². The largest absolute Gasteiger partial charge is 0.310 e. The maximum Gasteiger partial charge on any atom is 0.0651 e. The van der Waals surface area contributed by atoms with E-state index in [2.05, 4.69) is 0 Å². The summed E-state index contributed by atoms with van der Waals surface area (Å²) in [5.41, 5.74) is -22.6. The van der Waals surface area contributed by atoms with E-state index < -0.39 is 562 Å². The van der Waals surface area contributed by atoms with Crippen LogP contribution in [0.15, 0.2) is 508 Å². The highest BCUT2D eigenvalue weighted by atomic mass is 15.2. The molecule has 0 radical (unpaired) electrons. The molecule has 4 heteroatoms. The Morgan fingerprint density at radius 2 is 0.516 bits per heavy atom. The molecule has 0 saturated heterocycles. The van der Waals surface area contributed by atoms with Crippen LogP contribution in [0.25, 0.3) is 166 Å². The molecule has 0 unspecified atom stereocenters. The van der Waals surface area contributed by atoms with Crippen LogP contribution in [0, 0.1) is 0 Å². The molecule has 0 amide bonds. The Bertz CT molecular complexity index is 11700. The van der Waals surface area contributed by atoms with E-state index in [9.17, 15) is 45.2 Å². The van der Waals surface area contributed by atoms with E-state index in [1.54, 1.807) is 18.2 Å². The molecule has 4 nitrogen and oxygen atoms in total. The predicted molar refractivity (Wildman–Crippen MR) is 525 cm³/mol. The lowest BCUT2D eigenvalue weighted by molar-refractivity contribution is 1.18. The van der Waals surface area contributed by atoms with Crippen LogP contribution in [0.2, 0.25) is 0 Å². The normalized spacial score (nSPS) is 18.9. The minimum Gasteiger partial charge on any atom is -0.310 e. The summed E-state index contributed by atoms with van der Waals surface area (Å²) >= 11 is 0. The fourth-order valence-corrected chi connectivity index (χ4v) is 13.5. The smallest absolute Gasteiger partial charge is 0.0651 e. The topological polar surface area (TPSA) is 16.3 Å². The fourth-order valence-electron chi connectivity index (χ4n) is 13.5. The molecular formula is C120H84N4. The standard InChI is InChI=1S/2C60H42N2/c2*1-5-16-43(17-6-1)46-28-34-52(35-29-46)61(59-38-32-50(45-20-9-3-10-21-45)41-56(59)48-22-11-4-12-23-48)53-36-30-47(31-37-53)51-33-39-60-57(42-51)55-26-13-14-27-58(55)62(60)54-25-15-24-49(40-54)44-18-7-2-8-19-44/h2*1-42H/i1D,2D,3D,4D,5D,6D,7D,8D,9D,10D,11D,12D,13D,14D,15D,16D,17D,18D,19D,20D,21D,22D,23D,24D,25D,26D,27D,28D,29D,30D,31D,32D,33D,34D,35D,36D,37D,38D,39D,40D,41D,42D;1D,3D,4D,5D,6D,9D,10D,11D,12D,16D,17D,20D,21D,22D,23D,28D,29D,30D,31D,32D,34D,35D,36D,37D,38D,41D. The third-order valence-electron chi connectivity index (χ3n) is 19.0. The summed E-state index contributed by atoms with van der Waals surface area (Å²) in [6, 6.07) is -47.4. The van der Waals surface area contributed by atoms with Gasteiger partial charge in [-0.1, -0.05) is 375 Å². The minimum absolute atomic E-state index is 0.127. The van der Waals surface area contributed by atoms with Gasteiger partial charge in [0.15, 0.2) is 0 Å². The highest BCUT2D eigenvalue weighted by Crippen LogP contribution is 2.48. The molecule has 2 aromatic heterocycles. The SMILES string of the molecule is [2H]c1c([2H])c([2H])c(-c2c([2H])c([2H])c(N(c3c([2H])c([2H])c(-c4c([2H])c([2H])c5c(c4[2H])c4c([2H])c([2H])c([2H])c([2H])c4n5-c4c([2H])c([2H])c([2H])c(-c5c([2H])c([2H])c([2H])c([2H])c5[2H])c4[2H])c([2H])c3[2H])c3c([2H])c([2H])c(-c4c([2H])c([2H])c([2H])c([2H])c4[2H])c([2H])c3-c3c([2H])c([2H])c([2H])c([2H])c3[2H])c([2H])c2[2H])c([2H])c1[2H].[2H]c1c([2H])c([2H])c(-c2c([2H])c([2H])c(N(c3c([2H])c([2H])c(-c4ccc5c(c4)c4ccccc4n5-c4cccc(-c5ccccc5)c4)c([2H])c3[2H])c3c([2H])c([2H])c(-c4c([2H])c([2H])c([2H])c([2H])c4[2H])c([2H])c3-c3c([2H])c([2H])c([2H])c([2H])c3[2H])c([2H])c2[2H])c([2H])c1[2H]. The third-order valence-corrected chi connectivity index (χ3v) is 19.0. The van der Waals surface area contributed by atoms with Gasteiger partial charge in [0.1, 0.15) is 0 Å². The van der Waals surface area contributed by atoms with Crippen LogP contribution >= 0.6 is 0 Å². The molecule has 0 saturated carbocycles. The van der Waals surface area contributed by atoms with Gasteiger partial charge < -0.3 is 18.9 Å². The van der Waals surface area contributed by atoms with Crippen molar-refractivity contribution in [2.24, 2.45) is 0 Å². The van der Waals surface area contributed by atoms with Gasteiger partial charge >= 0.3 is 0 Å². The molecule has 0 fully saturated rings. The van der Waals surface area contributed by atoms with E-state index in [4.69, 9.17) is 48.0 Å². The number of para-hydroxylation sites is 2. The molecule has 2 heterocycles. The second-order valence-electron chi connectivity index (χ2n) is 26.3. The number of aromatic nitrogens is 2. The molecule has 20 aromatic carbocycles. The molecule has 22 aromatic rings. The first kappa shape index (κ1) is 32.0. The Kier molecular flexibility index (Phi) is 8.71. The Labute approximate surface area is 819 Å². The minimum atomic E-state index is -1.54. The maximum atomic E-state index is 10.0.